The van der Waals surface area contributed by atoms with Gasteiger partial charge in [0.1, 0.15) is 4.49 Å². The summed E-state index contributed by atoms with van der Waals surface area (Å²) in [7, 11) is 0. The van der Waals surface area contributed by atoms with Crippen molar-refractivity contribution in [3.63, 3.8) is 0 Å². The summed E-state index contributed by atoms with van der Waals surface area (Å²) in [5.41, 5.74) is 2.00. The van der Waals surface area contributed by atoms with Crippen LogP contribution in [0.5, 0.6) is 0 Å². The minimum atomic E-state index is -0.0324. The second-order valence-electron chi connectivity index (χ2n) is 4.51. The number of ketones is 1. The van der Waals surface area contributed by atoms with Gasteiger partial charge in [0.15, 0.2) is 5.78 Å². The molecule has 1 saturated carbocycles. The molecule has 3 aliphatic rings. The van der Waals surface area contributed by atoms with Crippen molar-refractivity contribution in [1.29, 1.82) is 0 Å². The summed E-state index contributed by atoms with van der Waals surface area (Å²) in [6.45, 7) is 4.02. The van der Waals surface area contributed by atoms with Crippen LogP contribution in [-0.2, 0) is 4.79 Å². The van der Waals surface area contributed by atoms with Crippen LogP contribution >= 0.6 is 23.2 Å². The average Bonchev–Trinajstić information content (AvgIpc) is 2.79. The maximum absolute atomic E-state index is 11.9. The molecule has 2 bridgehead atoms. The Hall–Kier alpha value is -0.790. The molecule has 1 nitrogen and oxygen atoms in total. The molecule has 0 spiro atoms. The number of halogens is 2. The van der Waals surface area contributed by atoms with E-state index in [4.69, 9.17) is 23.2 Å². The topological polar surface area (TPSA) is 17.1 Å². The number of carbonyl (C=O) groups is 1. The Morgan fingerprint density at radius 2 is 1.75 bits per heavy atom. The van der Waals surface area contributed by atoms with Crippen molar-refractivity contribution < 1.29 is 4.79 Å². The van der Waals surface area contributed by atoms with Gasteiger partial charge in [-0.25, -0.2) is 0 Å². The molecule has 0 radical (unpaired) electrons. The number of hydrogen-bond donors (Lipinski definition) is 0. The summed E-state index contributed by atoms with van der Waals surface area (Å²) in [6.07, 6.45) is 7.59. The van der Waals surface area contributed by atoms with Crippen molar-refractivity contribution in [2.45, 2.75) is 0 Å². The van der Waals surface area contributed by atoms with E-state index in [0.717, 1.165) is 11.1 Å². The van der Waals surface area contributed by atoms with Crippen LogP contribution < -0.4 is 0 Å². The van der Waals surface area contributed by atoms with E-state index in [2.05, 4.69) is 18.7 Å². The van der Waals surface area contributed by atoms with Crippen molar-refractivity contribution >= 4 is 29.0 Å². The van der Waals surface area contributed by atoms with Crippen LogP contribution in [0.2, 0.25) is 0 Å². The quantitative estimate of drug-likeness (QED) is 0.604. The number of allylic oxidation sites excluding steroid dienone is 6. The Balaban J connectivity index is 2.15. The van der Waals surface area contributed by atoms with E-state index in [1.807, 2.05) is 6.08 Å². The maximum atomic E-state index is 11.9. The lowest BCUT2D eigenvalue weighted by molar-refractivity contribution is -0.120. The molecule has 3 heteroatoms. The summed E-state index contributed by atoms with van der Waals surface area (Å²) < 4.78 is 0.315. The zero-order valence-electron chi connectivity index (χ0n) is 8.49. The van der Waals surface area contributed by atoms with Gasteiger partial charge in [0.25, 0.3) is 0 Å². The van der Waals surface area contributed by atoms with Crippen LogP contribution in [0.4, 0.5) is 0 Å². The Morgan fingerprint density at radius 3 is 2.31 bits per heavy atom. The minimum Gasteiger partial charge on any atom is -0.294 e. The van der Waals surface area contributed by atoms with Gasteiger partial charge in [-0.1, -0.05) is 53.6 Å². The number of hydrogen-bond acceptors (Lipinski definition) is 1. The lowest BCUT2D eigenvalue weighted by atomic mass is 9.73. The smallest absolute Gasteiger partial charge is 0.160 e. The fraction of sp³-hybridized carbons (Fsp3) is 0.308. The van der Waals surface area contributed by atoms with Crippen molar-refractivity contribution in [2.75, 3.05) is 0 Å². The molecule has 0 saturated heterocycles. The van der Waals surface area contributed by atoms with Gasteiger partial charge in [0.05, 0.1) is 0 Å². The highest BCUT2D eigenvalue weighted by Gasteiger charge is 2.53. The molecule has 0 aromatic rings. The summed E-state index contributed by atoms with van der Waals surface area (Å²) in [5.74, 6) is 0.543. The Labute approximate surface area is 104 Å². The molecule has 3 rings (SSSR count). The Bertz CT molecular complexity index is 444. The largest absolute Gasteiger partial charge is 0.294 e. The van der Waals surface area contributed by atoms with Gasteiger partial charge in [-0.2, -0.15) is 0 Å². The standard InChI is InChI=1S/C13H10Cl2O/c1-6-2-5-9(16)12-8-4-3-7(10(6)12)11(8)13(14)15/h2-5,7-8,10,12H,1H2. The maximum Gasteiger partial charge on any atom is 0.160 e. The van der Waals surface area contributed by atoms with Crippen LogP contribution in [0, 0.1) is 23.7 Å². The molecule has 0 aromatic heterocycles. The molecule has 4 unspecified atom stereocenters. The molecule has 82 valence electrons. The monoisotopic (exact) mass is 252 g/mol. The van der Waals surface area contributed by atoms with E-state index in [9.17, 15) is 4.79 Å². The lowest BCUT2D eigenvalue weighted by Crippen LogP contribution is -2.29. The van der Waals surface area contributed by atoms with E-state index in [1.165, 1.54) is 0 Å². The zero-order chi connectivity index (χ0) is 11.4. The highest BCUT2D eigenvalue weighted by Crippen LogP contribution is 2.57. The van der Waals surface area contributed by atoms with Crippen LogP contribution in [-0.4, -0.2) is 5.78 Å². The molecule has 0 aliphatic heterocycles. The third-order valence-electron chi connectivity index (χ3n) is 3.84. The molecule has 1 fully saturated rings. The van der Waals surface area contributed by atoms with Gasteiger partial charge in [0, 0.05) is 23.7 Å². The number of rotatable bonds is 0. The molecule has 4 atom stereocenters. The highest BCUT2D eigenvalue weighted by atomic mass is 35.5. The molecule has 0 N–H and O–H groups in total. The summed E-state index contributed by atoms with van der Waals surface area (Å²) >= 11 is 11.8. The molecule has 0 amide bonds. The molecule has 0 aromatic carbocycles. The van der Waals surface area contributed by atoms with E-state index in [-0.39, 0.29) is 29.5 Å². The minimum absolute atomic E-state index is 0.0324. The van der Waals surface area contributed by atoms with Crippen molar-refractivity contribution in [3.05, 3.63) is 46.5 Å². The van der Waals surface area contributed by atoms with Crippen molar-refractivity contribution in [1.82, 2.24) is 0 Å². The predicted molar refractivity (Wildman–Crippen MR) is 65.1 cm³/mol. The van der Waals surface area contributed by atoms with Gasteiger partial charge in [0.2, 0.25) is 0 Å². The summed E-state index contributed by atoms with van der Waals surface area (Å²) in [5, 5.41) is 0. The van der Waals surface area contributed by atoms with Gasteiger partial charge in [-0.05, 0) is 11.6 Å². The third-order valence-corrected chi connectivity index (χ3v) is 4.28. The normalized spacial score (nSPS) is 39.5. The molecular formula is C13H10Cl2O. The van der Waals surface area contributed by atoms with E-state index in [1.54, 1.807) is 6.08 Å². The number of fused-ring (bicyclic) bond motifs is 5. The predicted octanol–water partition coefficient (Wildman–Crippen LogP) is 3.42. The van der Waals surface area contributed by atoms with E-state index >= 15 is 0 Å². The first-order valence-electron chi connectivity index (χ1n) is 5.25. The first-order chi connectivity index (χ1) is 7.61. The van der Waals surface area contributed by atoms with Gasteiger partial charge >= 0.3 is 0 Å². The summed E-state index contributed by atoms with van der Waals surface area (Å²) in [4.78, 5) is 11.9. The highest BCUT2D eigenvalue weighted by molar-refractivity contribution is 6.56. The molecule has 16 heavy (non-hydrogen) atoms. The van der Waals surface area contributed by atoms with Gasteiger partial charge < -0.3 is 0 Å². The van der Waals surface area contributed by atoms with Crippen LogP contribution in [0.15, 0.2) is 46.5 Å². The summed E-state index contributed by atoms with van der Waals surface area (Å²) in [6, 6.07) is 0. The molecular weight excluding hydrogens is 243 g/mol. The number of carbonyl (C=O) groups excluding carboxylic acids is 1. The van der Waals surface area contributed by atoms with E-state index in [0.29, 0.717) is 4.49 Å². The van der Waals surface area contributed by atoms with Gasteiger partial charge in [-0.15, -0.1) is 0 Å². The van der Waals surface area contributed by atoms with Gasteiger partial charge in [-0.3, -0.25) is 4.79 Å². The Kier molecular flexibility index (Phi) is 2.17. The van der Waals surface area contributed by atoms with E-state index < -0.39 is 0 Å². The third kappa shape index (κ3) is 1.16. The van der Waals surface area contributed by atoms with Crippen LogP contribution in [0.3, 0.4) is 0 Å². The zero-order valence-corrected chi connectivity index (χ0v) is 10.0. The van der Waals surface area contributed by atoms with Crippen molar-refractivity contribution in [2.24, 2.45) is 23.7 Å². The molecule has 0 heterocycles. The van der Waals surface area contributed by atoms with Crippen molar-refractivity contribution in [3.8, 4) is 0 Å². The lowest BCUT2D eigenvalue weighted by Gasteiger charge is -2.28. The first kappa shape index (κ1) is 10.4. The average molecular weight is 253 g/mol. The van der Waals surface area contributed by atoms with Crippen LogP contribution in [0.1, 0.15) is 0 Å². The van der Waals surface area contributed by atoms with Crippen LogP contribution in [0.25, 0.3) is 0 Å². The molecule has 3 aliphatic carbocycles. The second kappa shape index (κ2) is 3.35. The SMILES string of the molecule is C=C1C=CC(=O)C2C3C=CC(C3=C(Cl)Cl)C12. The first-order valence-corrected chi connectivity index (χ1v) is 6.01. The fourth-order valence-electron chi connectivity index (χ4n) is 3.22. The fourth-order valence-corrected chi connectivity index (χ4v) is 3.72. The Morgan fingerprint density at radius 1 is 1.12 bits per heavy atom. The second-order valence-corrected chi connectivity index (χ2v) is 5.46.